The Balaban J connectivity index is 1.41. The highest BCUT2D eigenvalue weighted by molar-refractivity contribution is 6.08. The molecular weight excluding hydrogens is 500 g/mol. The maximum atomic E-state index is 13.7. The molecule has 194 valence electrons. The Labute approximate surface area is 215 Å². The number of amides is 1. The Morgan fingerprint density at radius 2 is 1.76 bits per heavy atom. The molecule has 1 amide bonds. The van der Waals surface area contributed by atoms with Gasteiger partial charge in [-0.2, -0.15) is 5.10 Å². The summed E-state index contributed by atoms with van der Waals surface area (Å²) < 4.78 is 36.9. The molecule has 1 aliphatic heterocycles. The van der Waals surface area contributed by atoms with E-state index in [9.17, 15) is 28.5 Å². The topological polar surface area (TPSA) is 115 Å². The summed E-state index contributed by atoms with van der Waals surface area (Å²) in [7, 11) is 0. The Hall–Kier alpha value is -4.67. The first-order chi connectivity index (χ1) is 18.3. The van der Waals surface area contributed by atoms with Crippen LogP contribution in [0.15, 0.2) is 75.8 Å². The molecule has 2 aromatic carbocycles. The van der Waals surface area contributed by atoms with Crippen molar-refractivity contribution in [3.05, 3.63) is 105 Å². The molecule has 5 rings (SSSR count). The number of hydrazone groups is 1. The first-order valence-electron chi connectivity index (χ1n) is 11.8. The molecule has 3 aromatic rings. The van der Waals surface area contributed by atoms with Gasteiger partial charge >= 0.3 is 11.9 Å². The zero-order valence-corrected chi connectivity index (χ0v) is 19.9. The van der Waals surface area contributed by atoms with Crippen LogP contribution in [0.2, 0.25) is 0 Å². The van der Waals surface area contributed by atoms with E-state index < -0.39 is 46.9 Å². The number of fused-ring (bicyclic) bond motifs is 1. The third-order valence-electron chi connectivity index (χ3n) is 6.48. The van der Waals surface area contributed by atoms with Gasteiger partial charge in [0.25, 0.3) is 5.91 Å². The molecule has 0 saturated heterocycles. The molecule has 2 unspecified atom stereocenters. The van der Waals surface area contributed by atoms with E-state index in [0.717, 1.165) is 36.1 Å². The van der Waals surface area contributed by atoms with Crippen molar-refractivity contribution in [1.29, 1.82) is 0 Å². The van der Waals surface area contributed by atoms with Crippen molar-refractivity contribution in [1.82, 2.24) is 5.01 Å². The van der Waals surface area contributed by atoms with E-state index in [1.807, 2.05) is 6.08 Å². The average molecular weight is 521 g/mol. The number of hydrogen-bond acceptors (Lipinski definition) is 7. The molecule has 1 fully saturated rings. The van der Waals surface area contributed by atoms with Gasteiger partial charge < -0.3 is 9.15 Å². The first-order valence-corrected chi connectivity index (χ1v) is 11.8. The third kappa shape index (κ3) is 5.08. The molecule has 9 nitrogen and oxygen atoms in total. The standard InChI is InChI=1S/C27H21F2N3O6/c28-19-8-4-16(5-9-19)14-18-2-1-3-21-25(18)30-31(26(21)17-6-10-20(29)11-7-17)23(33)15-37-27(34)22-12-13-24(38-22)32(35)36/h4-14,21,26H,1-3,15H2/b18-14-. The zero-order chi connectivity index (χ0) is 26.8. The minimum absolute atomic E-state index is 0.187. The van der Waals surface area contributed by atoms with E-state index in [-0.39, 0.29) is 11.7 Å². The molecule has 11 heteroatoms. The van der Waals surface area contributed by atoms with Gasteiger partial charge in [-0.25, -0.2) is 18.6 Å². The van der Waals surface area contributed by atoms with Crippen LogP contribution < -0.4 is 0 Å². The van der Waals surface area contributed by atoms with Crippen LogP contribution in [0.5, 0.6) is 0 Å². The number of allylic oxidation sites excluding steroid dienone is 1. The maximum Gasteiger partial charge on any atom is 0.433 e. The highest BCUT2D eigenvalue weighted by Gasteiger charge is 2.44. The lowest BCUT2D eigenvalue weighted by Gasteiger charge is -2.29. The maximum absolute atomic E-state index is 13.7. The van der Waals surface area contributed by atoms with Gasteiger partial charge in [-0.3, -0.25) is 14.9 Å². The van der Waals surface area contributed by atoms with Gasteiger partial charge in [-0.1, -0.05) is 24.3 Å². The molecule has 38 heavy (non-hydrogen) atoms. The van der Waals surface area contributed by atoms with E-state index in [4.69, 9.17) is 9.15 Å². The number of benzene rings is 2. The van der Waals surface area contributed by atoms with Crippen LogP contribution in [0.1, 0.15) is 47.0 Å². The highest BCUT2D eigenvalue weighted by Crippen LogP contribution is 2.44. The molecule has 0 N–H and O–H groups in total. The van der Waals surface area contributed by atoms with E-state index >= 15 is 0 Å². The van der Waals surface area contributed by atoms with Crippen molar-refractivity contribution in [2.45, 2.75) is 25.3 Å². The number of esters is 1. The lowest BCUT2D eigenvalue weighted by Crippen LogP contribution is -2.34. The van der Waals surface area contributed by atoms with Crippen LogP contribution >= 0.6 is 0 Å². The fraction of sp³-hybridized carbons (Fsp3) is 0.222. The van der Waals surface area contributed by atoms with Gasteiger partial charge in [0.1, 0.15) is 16.6 Å². The summed E-state index contributed by atoms with van der Waals surface area (Å²) in [5, 5.41) is 16.7. The number of carbonyl (C=O) groups is 2. The van der Waals surface area contributed by atoms with Crippen molar-refractivity contribution in [2.24, 2.45) is 11.0 Å². The monoisotopic (exact) mass is 521 g/mol. The van der Waals surface area contributed by atoms with Crippen molar-refractivity contribution in [3.63, 3.8) is 0 Å². The Bertz CT molecular complexity index is 1450. The summed E-state index contributed by atoms with van der Waals surface area (Å²) in [5.41, 5.74) is 3.04. The first kappa shape index (κ1) is 25.0. The summed E-state index contributed by atoms with van der Waals surface area (Å²) >= 11 is 0. The molecule has 2 aliphatic rings. The van der Waals surface area contributed by atoms with E-state index in [1.54, 1.807) is 24.3 Å². The molecule has 2 atom stereocenters. The second kappa shape index (κ2) is 10.4. The predicted molar refractivity (Wildman–Crippen MR) is 131 cm³/mol. The zero-order valence-electron chi connectivity index (χ0n) is 19.9. The van der Waals surface area contributed by atoms with Gasteiger partial charge in [0.15, 0.2) is 6.61 Å². The van der Waals surface area contributed by atoms with Gasteiger partial charge in [0.05, 0.1) is 17.8 Å². The van der Waals surface area contributed by atoms with Crippen LogP contribution in [0.25, 0.3) is 6.08 Å². The second-order valence-electron chi connectivity index (χ2n) is 8.91. The summed E-state index contributed by atoms with van der Waals surface area (Å²) in [5.74, 6) is -3.66. The number of rotatable bonds is 6. The molecule has 1 saturated carbocycles. The van der Waals surface area contributed by atoms with Crippen LogP contribution in [-0.2, 0) is 9.53 Å². The fourth-order valence-electron chi connectivity index (χ4n) is 4.76. The Morgan fingerprint density at radius 1 is 1.08 bits per heavy atom. The lowest BCUT2D eigenvalue weighted by molar-refractivity contribution is -0.402. The fourth-order valence-corrected chi connectivity index (χ4v) is 4.76. The molecule has 0 radical (unpaired) electrons. The minimum Gasteiger partial charge on any atom is -0.450 e. The van der Waals surface area contributed by atoms with E-state index in [0.29, 0.717) is 17.7 Å². The number of ether oxygens (including phenoxy) is 1. The van der Waals surface area contributed by atoms with E-state index in [2.05, 4.69) is 5.10 Å². The third-order valence-corrected chi connectivity index (χ3v) is 6.48. The number of furan rings is 1. The number of hydrogen-bond donors (Lipinski definition) is 0. The summed E-state index contributed by atoms with van der Waals surface area (Å²) in [6.45, 7) is -0.689. The van der Waals surface area contributed by atoms with Crippen LogP contribution in [0.4, 0.5) is 14.7 Å². The Kier molecular flexibility index (Phi) is 6.82. The average Bonchev–Trinajstić information content (AvgIpc) is 3.56. The van der Waals surface area contributed by atoms with Gasteiger partial charge in [0.2, 0.25) is 5.76 Å². The quantitative estimate of drug-likeness (QED) is 0.242. The van der Waals surface area contributed by atoms with Crippen molar-refractivity contribution >= 4 is 29.5 Å². The normalized spacial score (nSPS) is 19.7. The molecule has 1 aliphatic carbocycles. The molecule has 1 aromatic heterocycles. The van der Waals surface area contributed by atoms with Crippen LogP contribution in [-0.4, -0.2) is 34.1 Å². The van der Waals surface area contributed by atoms with Gasteiger partial charge in [-0.15, -0.1) is 0 Å². The van der Waals surface area contributed by atoms with Gasteiger partial charge in [0, 0.05) is 5.92 Å². The number of nitro groups is 1. The van der Waals surface area contributed by atoms with Crippen molar-refractivity contribution in [2.75, 3.05) is 6.61 Å². The second-order valence-corrected chi connectivity index (χ2v) is 8.91. The largest absolute Gasteiger partial charge is 0.450 e. The van der Waals surface area contributed by atoms with Crippen molar-refractivity contribution in [3.8, 4) is 0 Å². The molecule has 0 spiro atoms. The minimum atomic E-state index is -1.04. The predicted octanol–water partition coefficient (Wildman–Crippen LogP) is 5.45. The van der Waals surface area contributed by atoms with Crippen LogP contribution in [0, 0.1) is 27.7 Å². The Morgan fingerprint density at radius 3 is 2.42 bits per heavy atom. The highest BCUT2D eigenvalue weighted by atomic mass is 19.1. The molecule has 0 bridgehead atoms. The number of nitrogens with zero attached hydrogens (tertiary/aromatic N) is 3. The summed E-state index contributed by atoms with van der Waals surface area (Å²) in [6.07, 6.45) is 4.16. The summed E-state index contributed by atoms with van der Waals surface area (Å²) in [4.78, 5) is 35.5. The van der Waals surface area contributed by atoms with E-state index in [1.165, 1.54) is 29.3 Å². The van der Waals surface area contributed by atoms with Crippen LogP contribution in [0.3, 0.4) is 0 Å². The number of carbonyl (C=O) groups excluding carboxylic acids is 2. The molecular formula is C27H21F2N3O6. The van der Waals surface area contributed by atoms with Gasteiger partial charge in [-0.05, 0) is 72.4 Å². The lowest BCUT2D eigenvalue weighted by atomic mass is 9.77. The number of halogens is 2. The SMILES string of the molecule is O=C(OCC(=O)N1N=C2/C(=C\c3ccc(F)cc3)CCCC2C1c1ccc(F)cc1)c1ccc([N+](=O)[O-])o1. The van der Waals surface area contributed by atoms with Crippen molar-refractivity contribution < 1.29 is 32.4 Å². The summed E-state index contributed by atoms with van der Waals surface area (Å²) in [6, 6.07) is 13.4. The molecule has 2 heterocycles. The smallest absolute Gasteiger partial charge is 0.433 e.